The minimum absolute atomic E-state index is 0.0807. The van der Waals surface area contributed by atoms with Crippen molar-refractivity contribution in [2.75, 3.05) is 19.4 Å². The molecule has 0 aliphatic carbocycles. The number of nitrogens with one attached hydrogen (secondary N) is 1. The van der Waals surface area contributed by atoms with Gasteiger partial charge < -0.3 is 9.88 Å². The summed E-state index contributed by atoms with van der Waals surface area (Å²) in [6, 6.07) is 10.6. The van der Waals surface area contributed by atoms with Gasteiger partial charge in [0.2, 0.25) is 15.9 Å². The molecule has 0 fully saturated rings. The van der Waals surface area contributed by atoms with Crippen molar-refractivity contribution in [3.05, 3.63) is 59.0 Å². The number of amides is 1. The van der Waals surface area contributed by atoms with Gasteiger partial charge in [0.15, 0.2) is 0 Å². The molecule has 0 atom stereocenters. The number of benzene rings is 1. The number of aromatic nitrogens is 1. The van der Waals surface area contributed by atoms with E-state index in [9.17, 15) is 18.0 Å². The van der Waals surface area contributed by atoms with Gasteiger partial charge in [-0.2, -0.15) is 0 Å². The molecule has 1 N–H and O–H groups in total. The van der Waals surface area contributed by atoms with Crippen molar-refractivity contribution in [1.82, 2.24) is 8.87 Å². The first-order chi connectivity index (χ1) is 10.8. The largest absolute Gasteiger partial charge is 0.324 e. The smallest absolute Gasteiger partial charge is 0.250 e. The lowest BCUT2D eigenvalue weighted by Crippen LogP contribution is -2.26. The Morgan fingerprint density at radius 1 is 1.17 bits per heavy atom. The molecule has 0 saturated heterocycles. The SMILES string of the molecule is CN(C)S(=O)(=O)c1cccc(NC(=O)Cn2ccccc2=O)c1. The highest BCUT2D eigenvalue weighted by Crippen LogP contribution is 2.17. The van der Waals surface area contributed by atoms with Crippen LogP contribution in [0.3, 0.4) is 0 Å². The fourth-order valence-electron chi connectivity index (χ4n) is 1.89. The van der Waals surface area contributed by atoms with Crippen LogP contribution in [-0.4, -0.2) is 37.3 Å². The molecule has 7 nitrogen and oxygen atoms in total. The molecule has 23 heavy (non-hydrogen) atoms. The molecular formula is C15H17N3O4S. The third-order valence-corrected chi connectivity index (χ3v) is 4.92. The van der Waals surface area contributed by atoms with E-state index in [4.69, 9.17) is 0 Å². The van der Waals surface area contributed by atoms with Crippen molar-refractivity contribution in [3.8, 4) is 0 Å². The van der Waals surface area contributed by atoms with Crippen molar-refractivity contribution in [2.45, 2.75) is 11.4 Å². The summed E-state index contributed by atoms with van der Waals surface area (Å²) < 4.78 is 26.5. The molecule has 8 heteroatoms. The number of anilines is 1. The van der Waals surface area contributed by atoms with Crippen molar-refractivity contribution >= 4 is 21.6 Å². The van der Waals surface area contributed by atoms with Crippen LogP contribution in [-0.2, 0) is 21.4 Å². The average Bonchev–Trinajstić information content (AvgIpc) is 2.49. The van der Waals surface area contributed by atoms with Crippen LogP contribution < -0.4 is 10.9 Å². The Hall–Kier alpha value is -2.45. The molecule has 0 radical (unpaired) electrons. The predicted molar refractivity (Wildman–Crippen MR) is 86.6 cm³/mol. The number of rotatable bonds is 5. The fraction of sp³-hybridized carbons (Fsp3) is 0.200. The number of sulfonamides is 1. The molecule has 122 valence electrons. The van der Waals surface area contributed by atoms with E-state index in [1.165, 1.54) is 43.1 Å². The summed E-state index contributed by atoms with van der Waals surface area (Å²) in [5, 5.41) is 2.59. The number of carbonyl (C=O) groups excluding carboxylic acids is 1. The normalized spacial score (nSPS) is 11.4. The van der Waals surface area contributed by atoms with Crippen LogP contribution in [0.15, 0.2) is 58.4 Å². The summed E-state index contributed by atoms with van der Waals surface area (Å²) in [6.45, 7) is -0.148. The predicted octanol–water partition coefficient (Wildman–Crippen LogP) is 0.737. The van der Waals surface area contributed by atoms with Crippen molar-refractivity contribution in [2.24, 2.45) is 0 Å². The molecule has 2 rings (SSSR count). The number of pyridine rings is 1. The van der Waals surface area contributed by atoms with Crippen LogP contribution in [0.2, 0.25) is 0 Å². The first-order valence-electron chi connectivity index (χ1n) is 6.78. The van der Waals surface area contributed by atoms with Crippen LogP contribution in [0.5, 0.6) is 0 Å². The summed E-state index contributed by atoms with van der Waals surface area (Å²) in [5.74, 6) is -0.419. The zero-order valence-electron chi connectivity index (χ0n) is 12.8. The Morgan fingerprint density at radius 2 is 1.91 bits per heavy atom. The van der Waals surface area contributed by atoms with Gasteiger partial charge in [0.1, 0.15) is 6.54 Å². The average molecular weight is 335 g/mol. The summed E-state index contributed by atoms with van der Waals surface area (Å²) in [4.78, 5) is 23.6. The third-order valence-electron chi connectivity index (χ3n) is 3.11. The van der Waals surface area contributed by atoms with E-state index >= 15 is 0 Å². The van der Waals surface area contributed by atoms with Gasteiger partial charge in [-0.3, -0.25) is 9.59 Å². The highest BCUT2D eigenvalue weighted by atomic mass is 32.2. The lowest BCUT2D eigenvalue weighted by molar-refractivity contribution is -0.116. The molecule has 1 aromatic carbocycles. The van der Waals surface area contributed by atoms with Crippen LogP contribution in [0, 0.1) is 0 Å². The molecule has 0 bridgehead atoms. The van der Waals surface area contributed by atoms with Gasteiger partial charge in [0, 0.05) is 32.0 Å². The zero-order chi connectivity index (χ0) is 17.0. The molecule has 1 aromatic heterocycles. The monoisotopic (exact) mass is 335 g/mol. The molecule has 1 heterocycles. The van der Waals surface area contributed by atoms with Crippen molar-refractivity contribution in [1.29, 1.82) is 0 Å². The van der Waals surface area contributed by atoms with Gasteiger partial charge >= 0.3 is 0 Å². The van der Waals surface area contributed by atoms with Crippen LogP contribution >= 0.6 is 0 Å². The Balaban J connectivity index is 2.17. The topological polar surface area (TPSA) is 88.5 Å². The first-order valence-corrected chi connectivity index (χ1v) is 8.22. The standard InChI is InChI=1S/C15H17N3O4S/c1-17(2)23(21,22)13-7-5-6-12(10-13)16-14(19)11-18-9-4-3-8-15(18)20/h3-10H,11H2,1-2H3,(H,16,19). The van der Waals surface area contributed by atoms with Gasteiger partial charge in [-0.1, -0.05) is 12.1 Å². The van der Waals surface area contributed by atoms with Gasteiger partial charge in [-0.25, -0.2) is 12.7 Å². The van der Waals surface area contributed by atoms with Gasteiger partial charge in [0.05, 0.1) is 4.90 Å². The van der Waals surface area contributed by atoms with E-state index in [2.05, 4.69) is 5.32 Å². The summed E-state index contributed by atoms with van der Waals surface area (Å²) in [7, 11) is -0.708. The second kappa shape index (κ2) is 6.76. The van der Waals surface area contributed by atoms with Gasteiger partial charge in [-0.15, -0.1) is 0 Å². The lowest BCUT2D eigenvalue weighted by Gasteiger charge is -2.13. The molecule has 0 spiro atoms. The van der Waals surface area contributed by atoms with Crippen LogP contribution in [0.25, 0.3) is 0 Å². The van der Waals surface area contributed by atoms with E-state index in [0.29, 0.717) is 5.69 Å². The van der Waals surface area contributed by atoms with Crippen LogP contribution in [0.4, 0.5) is 5.69 Å². The molecule has 0 aliphatic rings. The Kier molecular flexibility index (Phi) is 4.97. The maximum Gasteiger partial charge on any atom is 0.250 e. The number of hydrogen-bond donors (Lipinski definition) is 1. The van der Waals surface area contributed by atoms with Gasteiger partial charge in [0.25, 0.3) is 5.56 Å². The third kappa shape index (κ3) is 4.05. The molecule has 0 aliphatic heterocycles. The minimum Gasteiger partial charge on any atom is -0.324 e. The highest BCUT2D eigenvalue weighted by molar-refractivity contribution is 7.89. The highest BCUT2D eigenvalue weighted by Gasteiger charge is 2.17. The van der Waals surface area contributed by atoms with Crippen molar-refractivity contribution in [3.63, 3.8) is 0 Å². The van der Waals surface area contributed by atoms with Crippen molar-refractivity contribution < 1.29 is 13.2 Å². The van der Waals surface area contributed by atoms with E-state index in [1.54, 1.807) is 24.3 Å². The molecule has 1 amide bonds. The fourth-order valence-corrected chi connectivity index (χ4v) is 2.84. The van der Waals surface area contributed by atoms with Crippen LogP contribution in [0.1, 0.15) is 0 Å². The molecule has 0 saturated carbocycles. The number of nitrogens with zero attached hydrogens (tertiary/aromatic N) is 2. The van der Waals surface area contributed by atoms with E-state index < -0.39 is 15.9 Å². The second-order valence-electron chi connectivity index (χ2n) is 5.03. The molecule has 0 unspecified atom stereocenters. The Bertz CT molecular complexity index is 872. The lowest BCUT2D eigenvalue weighted by atomic mass is 10.3. The summed E-state index contributed by atoms with van der Waals surface area (Å²) in [5.41, 5.74) is 0.0634. The quantitative estimate of drug-likeness (QED) is 0.873. The summed E-state index contributed by atoms with van der Waals surface area (Å²) in [6.07, 6.45) is 1.51. The van der Waals surface area contributed by atoms with Gasteiger partial charge in [-0.05, 0) is 24.3 Å². The number of hydrogen-bond acceptors (Lipinski definition) is 4. The molecular weight excluding hydrogens is 318 g/mol. The Labute approximate surface area is 134 Å². The second-order valence-corrected chi connectivity index (χ2v) is 7.18. The minimum atomic E-state index is -3.57. The van der Waals surface area contributed by atoms with E-state index in [-0.39, 0.29) is 17.0 Å². The van der Waals surface area contributed by atoms with E-state index in [0.717, 1.165) is 4.31 Å². The maximum atomic E-state index is 12.1. The maximum absolute atomic E-state index is 12.1. The number of carbonyl (C=O) groups is 1. The zero-order valence-corrected chi connectivity index (χ0v) is 13.6. The summed E-state index contributed by atoms with van der Waals surface area (Å²) >= 11 is 0. The first kappa shape index (κ1) is 16.9. The Morgan fingerprint density at radius 3 is 2.57 bits per heavy atom. The van der Waals surface area contributed by atoms with E-state index in [1.807, 2.05) is 0 Å². The molecule has 2 aromatic rings.